The summed E-state index contributed by atoms with van der Waals surface area (Å²) >= 11 is 1.90. The summed E-state index contributed by atoms with van der Waals surface area (Å²) < 4.78 is 2.04. The molecule has 2 aliphatic heterocycles. The molecule has 1 aromatic carbocycles. The standard InChI is InChI=1S/C22H22N6OS/c1-2-18(29)27-9-14-8-16(15(14)10-27)28-22-19(21(23)24-11-25-22)20(26-28)13-3-4-17-12(7-13)5-6-30-17/h2-4,7,11,14-16H,1,5-6,8-10H2,(H2,23,24,25). The molecule has 152 valence electrons. The topological polar surface area (TPSA) is 89.9 Å². The van der Waals surface area contributed by atoms with Crippen molar-refractivity contribution in [2.24, 2.45) is 11.8 Å². The molecule has 4 heterocycles. The van der Waals surface area contributed by atoms with Crippen LogP contribution in [0.15, 0.2) is 42.1 Å². The highest BCUT2D eigenvalue weighted by atomic mass is 32.2. The van der Waals surface area contributed by atoms with Crippen LogP contribution in [0.5, 0.6) is 0 Å². The van der Waals surface area contributed by atoms with Gasteiger partial charge in [0.2, 0.25) is 5.91 Å². The van der Waals surface area contributed by atoms with Crippen molar-refractivity contribution in [3.8, 4) is 11.3 Å². The third kappa shape index (κ3) is 2.52. The molecule has 7 nitrogen and oxygen atoms in total. The molecule has 0 bridgehead atoms. The SMILES string of the molecule is C=CC(=O)N1CC2CC(n3nc(-c4ccc5c(c4)CCS5)c4c(N)ncnc43)C2C1. The second-order valence-electron chi connectivity index (χ2n) is 8.35. The fourth-order valence-electron chi connectivity index (χ4n) is 5.22. The molecule has 3 unspecified atom stereocenters. The Morgan fingerprint density at radius 3 is 3.07 bits per heavy atom. The molecule has 0 radical (unpaired) electrons. The van der Waals surface area contributed by atoms with E-state index in [-0.39, 0.29) is 11.9 Å². The summed E-state index contributed by atoms with van der Waals surface area (Å²) in [5.41, 5.74) is 10.4. The van der Waals surface area contributed by atoms with Crippen molar-refractivity contribution in [1.29, 1.82) is 0 Å². The smallest absolute Gasteiger partial charge is 0.245 e. The van der Waals surface area contributed by atoms with E-state index in [1.54, 1.807) is 0 Å². The van der Waals surface area contributed by atoms with E-state index in [0.717, 1.165) is 54.0 Å². The molecule has 30 heavy (non-hydrogen) atoms. The van der Waals surface area contributed by atoms with Crippen molar-refractivity contribution in [3.05, 3.63) is 42.7 Å². The molecule has 2 fully saturated rings. The normalized spacial score (nSPS) is 24.5. The van der Waals surface area contributed by atoms with Gasteiger partial charge in [0.1, 0.15) is 17.8 Å². The Balaban J connectivity index is 1.42. The lowest BCUT2D eigenvalue weighted by molar-refractivity contribution is -0.125. The van der Waals surface area contributed by atoms with Crippen LogP contribution in [-0.2, 0) is 11.2 Å². The summed E-state index contributed by atoms with van der Waals surface area (Å²) in [4.78, 5) is 24.1. The van der Waals surface area contributed by atoms with Crippen LogP contribution in [0.1, 0.15) is 18.0 Å². The number of nitrogen functional groups attached to an aromatic ring is 1. The van der Waals surface area contributed by atoms with E-state index in [1.807, 2.05) is 21.3 Å². The van der Waals surface area contributed by atoms with Crippen LogP contribution >= 0.6 is 11.8 Å². The van der Waals surface area contributed by atoms with Gasteiger partial charge in [0.25, 0.3) is 0 Å². The number of carbonyl (C=O) groups is 1. The van der Waals surface area contributed by atoms with E-state index in [0.29, 0.717) is 17.7 Å². The first kappa shape index (κ1) is 17.9. The molecule has 2 N–H and O–H groups in total. The van der Waals surface area contributed by atoms with Gasteiger partial charge in [0.15, 0.2) is 5.65 Å². The summed E-state index contributed by atoms with van der Waals surface area (Å²) in [6.07, 6.45) is 4.99. The van der Waals surface area contributed by atoms with E-state index in [4.69, 9.17) is 10.8 Å². The van der Waals surface area contributed by atoms with Gasteiger partial charge in [-0.2, -0.15) is 5.10 Å². The van der Waals surface area contributed by atoms with Gasteiger partial charge in [-0.05, 0) is 42.5 Å². The number of nitrogens with two attached hydrogens (primary N) is 1. The lowest BCUT2D eigenvalue weighted by atomic mass is 9.71. The number of rotatable bonds is 3. The average molecular weight is 419 g/mol. The second-order valence-corrected chi connectivity index (χ2v) is 9.48. The van der Waals surface area contributed by atoms with Crippen LogP contribution < -0.4 is 5.73 Å². The Bertz CT molecular complexity index is 1200. The number of aryl methyl sites for hydroxylation is 1. The largest absolute Gasteiger partial charge is 0.383 e. The zero-order valence-corrected chi connectivity index (χ0v) is 17.3. The second kappa shape index (κ2) is 6.57. The van der Waals surface area contributed by atoms with E-state index in [9.17, 15) is 4.79 Å². The summed E-state index contributed by atoms with van der Waals surface area (Å²) in [6, 6.07) is 6.76. The van der Waals surface area contributed by atoms with Gasteiger partial charge in [-0.3, -0.25) is 4.79 Å². The maximum Gasteiger partial charge on any atom is 0.245 e. The lowest BCUT2D eigenvalue weighted by Gasteiger charge is -2.39. The Morgan fingerprint density at radius 2 is 2.20 bits per heavy atom. The van der Waals surface area contributed by atoms with Crippen molar-refractivity contribution < 1.29 is 4.79 Å². The zero-order valence-electron chi connectivity index (χ0n) is 16.5. The minimum Gasteiger partial charge on any atom is -0.383 e. The van der Waals surface area contributed by atoms with E-state index in [2.05, 4.69) is 34.7 Å². The summed E-state index contributed by atoms with van der Waals surface area (Å²) in [5.74, 6) is 2.50. The number of fused-ring (bicyclic) bond motifs is 3. The van der Waals surface area contributed by atoms with Crippen LogP contribution in [0.2, 0.25) is 0 Å². The number of carbonyl (C=O) groups excluding carboxylic acids is 1. The number of anilines is 1. The molecule has 2 aromatic heterocycles. The Labute approximate surface area is 178 Å². The summed E-state index contributed by atoms with van der Waals surface area (Å²) in [6.45, 7) is 5.17. The summed E-state index contributed by atoms with van der Waals surface area (Å²) in [7, 11) is 0. The molecule has 1 saturated heterocycles. The van der Waals surface area contributed by atoms with Crippen LogP contribution in [0.3, 0.4) is 0 Å². The zero-order chi connectivity index (χ0) is 20.4. The number of hydrogen-bond donors (Lipinski definition) is 1. The summed E-state index contributed by atoms with van der Waals surface area (Å²) in [5, 5.41) is 5.84. The number of likely N-dealkylation sites (tertiary alicyclic amines) is 1. The minimum atomic E-state index is 0.0109. The maximum absolute atomic E-state index is 12.1. The number of benzene rings is 1. The number of amides is 1. The lowest BCUT2D eigenvalue weighted by Crippen LogP contribution is -2.38. The maximum atomic E-state index is 12.1. The monoisotopic (exact) mass is 418 g/mol. The highest BCUT2D eigenvalue weighted by Crippen LogP contribution is 2.50. The van der Waals surface area contributed by atoms with Gasteiger partial charge in [-0.25, -0.2) is 14.6 Å². The molecule has 3 aliphatic rings. The van der Waals surface area contributed by atoms with Crippen LogP contribution in [0.4, 0.5) is 5.82 Å². The molecule has 1 amide bonds. The third-order valence-electron chi connectivity index (χ3n) is 6.81. The highest BCUT2D eigenvalue weighted by Gasteiger charge is 2.50. The average Bonchev–Trinajstić information content (AvgIpc) is 3.44. The predicted octanol–water partition coefficient (Wildman–Crippen LogP) is 2.93. The molecule has 8 heteroatoms. The van der Waals surface area contributed by atoms with Crippen molar-refractivity contribution in [1.82, 2.24) is 24.6 Å². The Hall–Kier alpha value is -2.87. The van der Waals surface area contributed by atoms with E-state index < -0.39 is 0 Å². The molecule has 3 aromatic rings. The molecule has 1 saturated carbocycles. The molecular formula is C22H22N6OS. The van der Waals surface area contributed by atoms with Crippen molar-refractivity contribution in [3.63, 3.8) is 0 Å². The number of thioether (sulfide) groups is 1. The first-order valence-electron chi connectivity index (χ1n) is 10.3. The minimum absolute atomic E-state index is 0.0109. The van der Waals surface area contributed by atoms with Crippen LogP contribution in [-0.4, -0.2) is 49.4 Å². The molecule has 6 rings (SSSR count). The van der Waals surface area contributed by atoms with E-state index >= 15 is 0 Å². The number of hydrogen-bond acceptors (Lipinski definition) is 6. The fraction of sp³-hybridized carbons (Fsp3) is 0.364. The van der Waals surface area contributed by atoms with Gasteiger partial charge < -0.3 is 10.6 Å². The molecular weight excluding hydrogens is 396 g/mol. The quantitative estimate of drug-likeness (QED) is 0.658. The number of aromatic nitrogens is 4. The van der Waals surface area contributed by atoms with Gasteiger partial charge in [-0.15, -0.1) is 11.8 Å². The fourth-order valence-corrected chi connectivity index (χ4v) is 6.28. The van der Waals surface area contributed by atoms with E-state index in [1.165, 1.54) is 22.9 Å². The first-order chi connectivity index (χ1) is 14.6. The Kier molecular flexibility index (Phi) is 3.93. The van der Waals surface area contributed by atoms with Gasteiger partial charge >= 0.3 is 0 Å². The highest BCUT2D eigenvalue weighted by molar-refractivity contribution is 7.99. The van der Waals surface area contributed by atoms with Crippen molar-refractivity contribution >= 4 is 34.5 Å². The van der Waals surface area contributed by atoms with Crippen LogP contribution in [0.25, 0.3) is 22.3 Å². The van der Waals surface area contributed by atoms with Crippen LogP contribution in [0, 0.1) is 11.8 Å². The Morgan fingerprint density at radius 1 is 1.30 bits per heavy atom. The van der Waals surface area contributed by atoms with Crippen molar-refractivity contribution in [2.45, 2.75) is 23.8 Å². The molecule has 1 aliphatic carbocycles. The first-order valence-corrected chi connectivity index (χ1v) is 11.3. The molecule has 0 spiro atoms. The van der Waals surface area contributed by atoms with Crippen molar-refractivity contribution in [2.75, 3.05) is 24.6 Å². The number of nitrogens with zero attached hydrogens (tertiary/aromatic N) is 5. The predicted molar refractivity (Wildman–Crippen MR) is 117 cm³/mol. The van der Waals surface area contributed by atoms with Gasteiger partial charge in [0, 0.05) is 35.2 Å². The third-order valence-corrected chi connectivity index (χ3v) is 7.93. The molecule has 3 atom stereocenters. The van der Waals surface area contributed by atoms with Gasteiger partial charge in [-0.1, -0.05) is 12.6 Å². The van der Waals surface area contributed by atoms with Gasteiger partial charge in [0.05, 0.1) is 11.4 Å².